The molecule has 0 aliphatic carbocycles. The Morgan fingerprint density at radius 1 is 1.38 bits per heavy atom. The lowest BCUT2D eigenvalue weighted by molar-refractivity contribution is 0.801. The molecule has 2 aromatic heterocycles. The number of hydrogen-bond acceptors (Lipinski definition) is 4. The Morgan fingerprint density at radius 2 is 2.14 bits per heavy atom. The quantitative estimate of drug-likeness (QED) is 0.728. The number of fused-ring (bicyclic) bond motifs is 1. The second-order valence-corrected chi connectivity index (χ2v) is 5.19. The van der Waals surface area contributed by atoms with Crippen molar-refractivity contribution in [2.24, 2.45) is 12.8 Å². The molecule has 0 radical (unpaired) electrons. The third-order valence-electron chi connectivity index (χ3n) is 3.17. The Hall–Kier alpha value is -2.54. The molecule has 0 unspecified atom stereocenters. The molecule has 106 valence electrons. The second kappa shape index (κ2) is 5.10. The maximum absolute atomic E-state index is 12.3. The largest absolute Gasteiger partial charge is 0.393 e. The molecule has 0 saturated heterocycles. The summed E-state index contributed by atoms with van der Waals surface area (Å²) in [6.07, 6.45) is 3.50. The minimum absolute atomic E-state index is 0.204. The molecule has 2 N–H and O–H groups in total. The first kappa shape index (κ1) is 13.4. The molecule has 2 heterocycles. The summed E-state index contributed by atoms with van der Waals surface area (Å²) in [5, 5.41) is 0. The molecule has 6 nitrogen and oxygen atoms in total. The second-order valence-electron chi connectivity index (χ2n) is 4.66. The number of thiocarbonyl (C=S) groups is 1. The maximum atomic E-state index is 12.3. The predicted octanol–water partition coefficient (Wildman–Crippen LogP) is 0.948. The van der Waals surface area contributed by atoms with Crippen LogP contribution in [-0.4, -0.2) is 24.1 Å². The molecule has 3 rings (SSSR count). The van der Waals surface area contributed by atoms with E-state index in [-0.39, 0.29) is 5.56 Å². The summed E-state index contributed by atoms with van der Waals surface area (Å²) in [6, 6.07) is 7.54. The molecule has 0 saturated carbocycles. The van der Waals surface area contributed by atoms with Crippen LogP contribution < -0.4 is 11.3 Å². The van der Waals surface area contributed by atoms with Gasteiger partial charge in [0.05, 0.1) is 22.4 Å². The normalized spacial score (nSPS) is 10.9. The van der Waals surface area contributed by atoms with Crippen molar-refractivity contribution in [3.8, 4) is 5.82 Å². The van der Waals surface area contributed by atoms with Crippen LogP contribution in [-0.2, 0) is 13.5 Å². The number of imidazole rings is 1. The SMILES string of the molecule is Cn1ccnc(-n2c(CC(N)=S)nc3ccccc32)c1=O. The van der Waals surface area contributed by atoms with Crippen LogP contribution in [0, 0.1) is 0 Å². The Labute approximate surface area is 125 Å². The van der Waals surface area contributed by atoms with Gasteiger partial charge in [-0.1, -0.05) is 24.4 Å². The average Bonchev–Trinajstić information content (AvgIpc) is 2.79. The van der Waals surface area contributed by atoms with E-state index >= 15 is 0 Å². The lowest BCUT2D eigenvalue weighted by atomic mass is 10.3. The lowest BCUT2D eigenvalue weighted by Crippen LogP contribution is -2.25. The van der Waals surface area contributed by atoms with Gasteiger partial charge in [0.15, 0.2) is 0 Å². The summed E-state index contributed by atoms with van der Waals surface area (Å²) in [5.41, 5.74) is 7.01. The molecule has 7 heteroatoms. The van der Waals surface area contributed by atoms with Gasteiger partial charge in [0, 0.05) is 19.4 Å². The van der Waals surface area contributed by atoms with Crippen LogP contribution in [0.1, 0.15) is 5.82 Å². The first-order valence-corrected chi connectivity index (χ1v) is 6.75. The zero-order valence-electron chi connectivity index (χ0n) is 11.4. The summed E-state index contributed by atoms with van der Waals surface area (Å²) >= 11 is 4.97. The summed E-state index contributed by atoms with van der Waals surface area (Å²) in [5.74, 6) is 0.902. The fourth-order valence-electron chi connectivity index (χ4n) is 2.22. The highest BCUT2D eigenvalue weighted by Gasteiger charge is 2.16. The predicted molar refractivity (Wildman–Crippen MR) is 84.6 cm³/mol. The number of nitrogens with two attached hydrogens (primary N) is 1. The van der Waals surface area contributed by atoms with Crippen molar-refractivity contribution in [2.75, 3.05) is 0 Å². The smallest absolute Gasteiger partial charge is 0.294 e. The van der Waals surface area contributed by atoms with Crippen molar-refractivity contribution in [3.05, 3.63) is 52.8 Å². The van der Waals surface area contributed by atoms with E-state index in [0.29, 0.717) is 23.1 Å². The van der Waals surface area contributed by atoms with Gasteiger partial charge in [0.1, 0.15) is 5.82 Å². The van der Waals surface area contributed by atoms with Crippen LogP contribution in [0.25, 0.3) is 16.9 Å². The number of rotatable bonds is 3. The number of para-hydroxylation sites is 2. The van der Waals surface area contributed by atoms with Gasteiger partial charge in [-0.2, -0.15) is 0 Å². The van der Waals surface area contributed by atoms with E-state index < -0.39 is 0 Å². The molecule has 0 amide bonds. The molecular formula is C14H13N5OS. The van der Waals surface area contributed by atoms with Gasteiger partial charge < -0.3 is 10.3 Å². The number of nitrogens with zero attached hydrogens (tertiary/aromatic N) is 4. The van der Waals surface area contributed by atoms with Crippen molar-refractivity contribution in [1.29, 1.82) is 0 Å². The summed E-state index contributed by atoms with van der Waals surface area (Å²) in [6.45, 7) is 0. The maximum Gasteiger partial charge on any atom is 0.294 e. The molecule has 0 bridgehead atoms. The summed E-state index contributed by atoms with van der Waals surface area (Å²) in [7, 11) is 1.68. The highest BCUT2D eigenvalue weighted by molar-refractivity contribution is 7.80. The monoisotopic (exact) mass is 299 g/mol. The van der Waals surface area contributed by atoms with Gasteiger partial charge in [-0.25, -0.2) is 9.97 Å². The third kappa shape index (κ3) is 2.31. The van der Waals surface area contributed by atoms with Gasteiger partial charge in [0.25, 0.3) is 5.56 Å². The number of aromatic nitrogens is 4. The topological polar surface area (TPSA) is 78.7 Å². The Bertz CT molecular complexity index is 896. The van der Waals surface area contributed by atoms with Crippen molar-refractivity contribution in [2.45, 2.75) is 6.42 Å². The van der Waals surface area contributed by atoms with E-state index in [2.05, 4.69) is 9.97 Å². The van der Waals surface area contributed by atoms with E-state index in [9.17, 15) is 4.79 Å². The van der Waals surface area contributed by atoms with E-state index in [4.69, 9.17) is 18.0 Å². The van der Waals surface area contributed by atoms with Crippen LogP contribution in [0.3, 0.4) is 0 Å². The standard InChI is InChI=1S/C14H13N5OS/c1-18-7-6-16-13(14(18)20)19-10-5-3-2-4-9(10)17-12(19)8-11(15)21/h2-7H,8H2,1H3,(H2,15,21). The van der Waals surface area contributed by atoms with Gasteiger partial charge in [0.2, 0.25) is 5.82 Å². The van der Waals surface area contributed by atoms with Crippen LogP contribution in [0.4, 0.5) is 0 Å². The summed E-state index contributed by atoms with van der Waals surface area (Å²) < 4.78 is 3.19. The third-order valence-corrected chi connectivity index (χ3v) is 3.32. The highest BCUT2D eigenvalue weighted by atomic mass is 32.1. The fraction of sp³-hybridized carbons (Fsp3) is 0.143. The first-order chi connectivity index (χ1) is 10.1. The van der Waals surface area contributed by atoms with Gasteiger partial charge in [-0.15, -0.1) is 0 Å². The molecule has 21 heavy (non-hydrogen) atoms. The van der Waals surface area contributed by atoms with Crippen LogP contribution in [0.5, 0.6) is 0 Å². The molecular weight excluding hydrogens is 286 g/mol. The Kier molecular flexibility index (Phi) is 3.26. The molecule has 0 aliphatic rings. The van der Waals surface area contributed by atoms with E-state index in [1.807, 2.05) is 24.3 Å². The molecule has 0 spiro atoms. The van der Waals surface area contributed by atoms with Crippen molar-refractivity contribution in [1.82, 2.24) is 19.1 Å². The first-order valence-electron chi connectivity index (χ1n) is 6.34. The minimum atomic E-state index is -0.204. The molecule has 0 atom stereocenters. The Morgan fingerprint density at radius 3 is 2.90 bits per heavy atom. The number of hydrogen-bond donors (Lipinski definition) is 1. The van der Waals surface area contributed by atoms with E-state index in [0.717, 1.165) is 11.0 Å². The Balaban J connectivity index is 2.36. The highest BCUT2D eigenvalue weighted by Crippen LogP contribution is 2.19. The zero-order chi connectivity index (χ0) is 15.0. The number of benzene rings is 1. The molecule has 0 aliphatic heterocycles. The van der Waals surface area contributed by atoms with Crippen molar-refractivity contribution >= 4 is 28.2 Å². The van der Waals surface area contributed by atoms with Crippen LogP contribution in [0.2, 0.25) is 0 Å². The molecule has 3 aromatic rings. The molecule has 0 fully saturated rings. The lowest BCUT2D eigenvalue weighted by Gasteiger charge is -2.08. The van der Waals surface area contributed by atoms with E-state index in [1.165, 1.54) is 4.57 Å². The van der Waals surface area contributed by atoms with Crippen molar-refractivity contribution in [3.63, 3.8) is 0 Å². The van der Waals surface area contributed by atoms with Crippen LogP contribution >= 0.6 is 12.2 Å². The van der Waals surface area contributed by atoms with Crippen LogP contribution in [0.15, 0.2) is 41.5 Å². The van der Waals surface area contributed by atoms with Gasteiger partial charge in [-0.3, -0.25) is 9.36 Å². The number of aryl methyl sites for hydroxylation is 1. The van der Waals surface area contributed by atoms with E-state index in [1.54, 1.807) is 24.0 Å². The zero-order valence-corrected chi connectivity index (χ0v) is 12.2. The van der Waals surface area contributed by atoms with Gasteiger partial charge in [-0.05, 0) is 12.1 Å². The minimum Gasteiger partial charge on any atom is -0.393 e. The fourth-order valence-corrected chi connectivity index (χ4v) is 2.35. The van der Waals surface area contributed by atoms with Gasteiger partial charge >= 0.3 is 0 Å². The van der Waals surface area contributed by atoms with Crippen molar-refractivity contribution < 1.29 is 0 Å². The average molecular weight is 299 g/mol. The molecule has 1 aromatic carbocycles. The summed E-state index contributed by atoms with van der Waals surface area (Å²) in [4.78, 5) is 21.4.